The third-order valence-electron chi connectivity index (χ3n) is 3.20. The van der Waals surface area contributed by atoms with Crippen LogP contribution in [0.3, 0.4) is 0 Å². The summed E-state index contributed by atoms with van der Waals surface area (Å²) in [4.78, 5) is 4.62. The van der Waals surface area contributed by atoms with Crippen molar-refractivity contribution in [3.63, 3.8) is 0 Å². The molecule has 1 heterocycles. The van der Waals surface area contributed by atoms with Crippen LogP contribution in [0.15, 0.2) is 59.6 Å². The van der Waals surface area contributed by atoms with Gasteiger partial charge in [-0.25, -0.2) is 0 Å². The number of hydrogen-bond acceptors (Lipinski definition) is 2. The summed E-state index contributed by atoms with van der Waals surface area (Å²) in [6.45, 7) is 0.689. The molecule has 20 heavy (non-hydrogen) atoms. The lowest BCUT2D eigenvalue weighted by Gasteiger charge is -2.09. The largest absolute Gasteiger partial charge is 0.357 e. The number of benzene rings is 2. The van der Waals surface area contributed by atoms with Gasteiger partial charge >= 0.3 is 0 Å². The maximum atomic E-state index is 5.87. The van der Waals surface area contributed by atoms with Crippen LogP contribution < -0.4 is 5.32 Å². The fourth-order valence-corrected chi connectivity index (χ4v) is 3.21. The monoisotopic (exact) mass is 302 g/mol. The van der Waals surface area contributed by atoms with E-state index < -0.39 is 0 Å². The first-order chi connectivity index (χ1) is 9.81. The molecule has 1 aliphatic heterocycles. The van der Waals surface area contributed by atoms with Crippen LogP contribution in [0.25, 0.3) is 0 Å². The predicted octanol–water partition coefficient (Wildman–Crippen LogP) is 4.27. The first-order valence-corrected chi connectivity index (χ1v) is 7.91. The second kappa shape index (κ2) is 6.33. The summed E-state index contributed by atoms with van der Waals surface area (Å²) in [5.74, 6) is 1.03. The highest BCUT2D eigenvalue weighted by molar-refractivity contribution is 8.14. The normalized spacial score (nSPS) is 20.1. The van der Waals surface area contributed by atoms with Crippen LogP contribution in [0.4, 0.5) is 0 Å². The third-order valence-corrected chi connectivity index (χ3v) is 4.48. The highest BCUT2D eigenvalue weighted by atomic mass is 35.5. The molecule has 1 saturated heterocycles. The van der Waals surface area contributed by atoms with Gasteiger partial charge in [0.1, 0.15) is 0 Å². The molecule has 0 aromatic heterocycles. The molecular weight excluding hydrogens is 288 g/mol. The molecule has 1 aliphatic rings. The van der Waals surface area contributed by atoms with Crippen molar-refractivity contribution < 1.29 is 0 Å². The number of nitrogens with zero attached hydrogens (tertiary/aromatic N) is 1. The maximum Gasteiger partial charge on any atom is 0.157 e. The van der Waals surface area contributed by atoms with Gasteiger partial charge in [0.2, 0.25) is 0 Å². The molecule has 1 unspecified atom stereocenters. The van der Waals surface area contributed by atoms with Crippen LogP contribution in [0.1, 0.15) is 17.2 Å². The summed E-state index contributed by atoms with van der Waals surface area (Å²) in [5.41, 5.74) is 2.49. The smallest absolute Gasteiger partial charge is 0.157 e. The number of halogens is 1. The summed E-state index contributed by atoms with van der Waals surface area (Å²) in [6, 6.07) is 18.7. The highest BCUT2D eigenvalue weighted by Gasteiger charge is 2.21. The molecule has 0 bridgehead atoms. The van der Waals surface area contributed by atoms with E-state index in [1.807, 2.05) is 30.3 Å². The molecule has 0 spiro atoms. The second-order valence-electron chi connectivity index (χ2n) is 4.67. The van der Waals surface area contributed by atoms with Gasteiger partial charge in [-0.1, -0.05) is 65.8 Å². The van der Waals surface area contributed by atoms with Crippen molar-refractivity contribution in [1.82, 2.24) is 5.32 Å². The minimum Gasteiger partial charge on any atom is -0.357 e. The molecule has 1 atom stereocenters. The molecule has 4 heteroatoms. The zero-order valence-corrected chi connectivity index (χ0v) is 12.5. The van der Waals surface area contributed by atoms with E-state index in [0.717, 1.165) is 15.9 Å². The molecule has 2 nitrogen and oxygen atoms in total. The molecule has 3 rings (SSSR count). The van der Waals surface area contributed by atoms with E-state index in [1.165, 1.54) is 11.1 Å². The van der Waals surface area contributed by atoms with Crippen molar-refractivity contribution in [2.75, 3.05) is 5.75 Å². The molecule has 1 N–H and O–H groups in total. The van der Waals surface area contributed by atoms with Crippen LogP contribution in [0.5, 0.6) is 0 Å². The Morgan fingerprint density at radius 1 is 1.10 bits per heavy atom. The number of aliphatic imine (C=N–C) groups is 1. The number of amidine groups is 1. The van der Waals surface area contributed by atoms with Crippen LogP contribution in [-0.2, 0) is 6.54 Å². The van der Waals surface area contributed by atoms with Gasteiger partial charge < -0.3 is 5.32 Å². The lowest BCUT2D eigenvalue weighted by Crippen LogP contribution is -2.19. The van der Waals surface area contributed by atoms with E-state index in [4.69, 9.17) is 11.6 Å². The second-order valence-corrected chi connectivity index (χ2v) is 6.11. The topological polar surface area (TPSA) is 24.4 Å². The molecule has 0 aliphatic carbocycles. The van der Waals surface area contributed by atoms with Gasteiger partial charge in [-0.2, -0.15) is 0 Å². The van der Waals surface area contributed by atoms with E-state index in [1.54, 1.807) is 11.8 Å². The number of hydrogen-bond donors (Lipinski definition) is 1. The van der Waals surface area contributed by atoms with Crippen LogP contribution in [0.2, 0.25) is 5.02 Å². The minimum atomic E-state index is 0.366. The Labute approximate surface area is 128 Å². The van der Waals surface area contributed by atoms with Gasteiger partial charge in [0.25, 0.3) is 0 Å². The average molecular weight is 303 g/mol. The van der Waals surface area contributed by atoms with Crippen LogP contribution in [-0.4, -0.2) is 10.9 Å². The van der Waals surface area contributed by atoms with Gasteiger partial charge in [0.05, 0.1) is 12.6 Å². The van der Waals surface area contributed by atoms with E-state index in [9.17, 15) is 0 Å². The highest BCUT2D eigenvalue weighted by Crippen LogP contribution is 2.26. The SMILES string of the molecule is Clc1ccc(CN=C2NC(c3ccccc3)CS2)cc1. The molecule has 2 aromatic rings. The van der Waals surface area contributed by atoms with Gasteiger partial charge in [0.15, 0.2) is 5.17 Å². The lowest BCUT2D eigenvalue weighted by molar-refractivity contribution is 0.748. The molecule has 0 amide bonds. The van der Waals surface area contributed by atoms with Crippen molar-refractivity contribution >= 4 is 28.5 Å². The summed E-state index contributed by atoms with van der Waals surface area (Å²) in [5, 5.41) is 5.26. The Morgan fingerprint density at radius 3 is 2.60 bits per heavy atom. The number of thioether (sulfide) groups is 1. The Hall–Kier alpha value is -1.45. The molecular formula is C16H15ClN2S. The number of rotatable bonds is 3. The van der Waals surface area contributed by atoms with E-state index in [-0.39, 0.29) is 0 Å². The zero-order chi connectivity index (χ0) is 13.8. The Balaban J connectivity index is 1.62. The van der Waals surface area contributed by atoms with Gasteiger partial charge in [-0.05, 0) is 23.3 Å². The Bertz CT molecular complexity index is 596. The minimum absolute atomic E-state index is 0.366. The van der Waals surface area contributed by atoms with Crippen molar-refractivity contribution in [2.45, 2.75) is 12.6 Å². The lowest BCUT2D eigenvalue weighted by atomic mass is 10.1. The van der Waals surface area contributed by atoms with Crippen molar-refractivity contribution in [3.05, 3.63) is 70.7 Å². The van der Waals surface area contributed by atoms with Crippen molar-refractivity contribution in [1.29, 1.82) is 0 Å². The van der Waals surface area contributed by atoms with E-state index in [0.29, 0.717) is 12.6 Å². The van der Waals surface area contributed by atoms with Crippen LogP contribution in [0, 0.1) is 0 Å². The molecule has 1 fully saturated rings. The van der Waals surface area contributed by atoms with Gasteiger partial charge in [-0.15, -0.1) is 0 Å². The van der Waals surface area contributed by atoms with Gasteiger partial charge in [-0.3, -0.25) is 4.99 Å². The van der Waals surface area contributed by atoms with E-state index >= 15 is 0 Å². The van der Waals surface area contributed by atoms with Crippen molar-refractivity contribution in [2.24, 2.45) is 4.99 Å². The first kappa shape index (κ1) is 13.5. The quantitative estimate of drug-likeness (QED) is 0.915. The summed E-state index contributed by atoms with van der Waals surface area (Å²) >= 11 is 7.65. The first-order valence-electron chi connectivity index (χ1n) is 6.54. The molecule has 0 radical (unpaired) electrons. The Kier molecular flexibility index (Phi) is 4.28. The molecule has 2 aromatic carbocycles. The standard InChI is InChI=1S/C16H15ClN2S/c17-14-8-6-12(7-9-14)10-18-16-19-15(11-20-16)13-4-2-1-3-5-13/h1-9,15H,10-11H2,(H,18,19). The van der Waals surface area contributed by atoms with E-state index in [2.05, 4.69) is 34.6 Å². The molecule has 0 saturated carbocycles. The zero-order valence-electron chi connectivity index (χ0n) is 10.9. The summed E-state index contributed by atoms with van der Waals surface area (Å²) in [7, 11) is 0. The van der Waals surface area contributed by atoms with Crippen LogP contribution >= 0.6 is 23.4 Å². The number of nitrogens with one attached hydrogen (secondary N) is 1. The molecule has 102 valence electrons. The van der Waals surface area contributed by atoms with Gasteiger partial charge in [0, 0.05) is 10.8 Å². The summed E-state index contributed by atoms with van der Waals surface area (Å²) < 4.78 is 0. The van der Waals surface area contributed by atoms with Crippen molar-refractivity contribution in [3.8, 4) is 0 Å². The third kappa shape index (κ3) is 3.35. The fraction of sp³-hybridized carbons (Fsp3) is 0.188. The predicted molar refractivity (Wildman–Crippen MR) is 87.4 cm³/mol. The Morgan fingerprint density at radius 2 is 1.85 bits per heavy atom. The average Bonchev–Trinajstić information content (AvgIpc) is 2.97. The summed E-state index contributed by atoms with van der Waals surface area (Å²) in [6.07, 6.45) is 0. The fourth-order valence-electron chi connectivity index (χ4n) is 2.10. The maximum absolute atomic E-state index is 5.87.